The zero-order chi connectivity index (χ0) is 14.1. The predicted octanol–water partition coefficient (Wildman–Crippen LogP) is -1.80. The third-order valence-electron chi connectivity index (χ3n) is 1.38. The van der Waals surface area contributed by atoms with E-state index >= 15 is 0 Å². The first-order valence-electron chi connectivity index (χ1n) is 4.91. The van der Waals surface area contributed by atoms with Crippen LogP contribution in [-0.4, -0.2) is 27.1 Å². The van der Waals surface area contributed by atoms with E-state index in [1.807, 2.05) is 13.8 Å². The fraction of sp³-hybridized carbons (Fsp3) is 1.00. The van der Waals surface area contributed by atoms with E-state index in [1.54, 1.807) is 0 Å². The van der Waals surface area contributed by atoms with Crippen molar-refractivity contribution >= 4 is 10.1 Å². The van der Waals surface area contributed by atoms with E-state index in [-0.39, 0.29) is 31.2 Å². The smallest absolute Gasteiger partial charge is 0.854 e. The molecule has 18 heavy (non-hydrogen) atoms. The Morgan fingerprint density at radius 2 is 1.72 bits per heavy atom. The first-order valence-corrected chi connectivity index (χ1v) is 6.32. The van der Waals surface area contributed by atoms with E-state index in [1.165, 1.54) is 6.92 Å². The van der Waals surface area contributed by atoms with Gasteiger partial charge in [-0.15, -0.1) is 6.61 Å². The van der Waals surface area contributed by atoms with Crippen molar-refractivity contribution in [3.8, 4) is 0 Å². The number of alkyl halides is 3. The van der Waals surface area contributed by atoms with Crippen LogP contribution in [0, 0.1) is 5.92 Å². The number of halogens is 3. The van der Waals surface area contributed by atoms with Gasteiger partial charge in [0.25, 0.3) is 0 Å². The van der Waals surface area contributed by atoms with Gasteiger partial charge in [0, 0.05) is 0 Å². The minimum absolute atomic E-state index is 0. The van der Waals surface area contributed by atoms with E-state index in [0.717, 1.165) is 0 Å². The Kier molecular flexibility index (Phi) is 14.4. The van der Waals surface area contributed by atoms with Crippen LogP contribution in [0.2, 0.25) is 0 Å². The number of hydrogen-bond acceptors (Lipinski definition) is 5. The first kappa shape index (κ1) is 23.3. The maximum atomic E-state index is 11.7. The first-order chi connectivity index (χ1) is 7.70. The minimum atomic E-state index is -5.71. The van der Waals surface area contributed by atoms with Crippen LogP contribution in [0.15, 0.2) is 0 Å². The van der Waals surface area contributed by atoms with E-state index in [2.05, 4.69) is 9.22 Å². The third kappa shape index (κ3) is 10.2. The molecule has 0 saturated carbocycles. The summed E-state index contributed by atoms with van der Waals surface area (Å²) in [5, 5.41) is 10.1. The van der Waals surface area contributed by atoms with Gasteiger partial charge in [-0.25, -0.2) is 4.89 Å². The summed E-state index contributed by atoms with van der Waals surface area (Å²) in [5.74, 6) is -0.370. The summed E-state index contributed by atoms with van der Waals surface area (Å²) in [6.45, 7) is 4.70. The summed E-state index contributed by atoms with van der Waals surface area (Å²) in [4.78, 5) is 3.89. The Labute approximate surface area is 117 Å². The molecule has 0 spiro atoms. The van der Waals surface area contributed by atoms with Crippen LogP contribution in [-0.2, 0) is 19.3 Å². The molecule has 1 atom stereocenters. The van der Waals surface area contributed by atoms with Gasteiger partial charge in [0.05, 0.1) is 6.61 Å². The van der Waals surface area contributed by atoms with Crippen LogP contribution in [0.4, 0.5) is 13.2 Å². The van der Waals surface area contributed by atoms with Crippen LogP contribution >= 0.6 is 0 Å². The largest absolute Gasteiger partial charge is 1.00 e. The molecular formula is C8H16F3LiO5S. The van der Waals surface area contributed by atoms with Crippen molar-refractivity contribution < 1.29 is 54.8 Å². The Hall–Kier alpha value is 0.217. The zero-order valence-corrected chi connectivity index (χ0v) is 11.6. The Morgan fingerprint density at radius 1 is 1.28 bits per heavy atom. The van der Waals surface area contributed by atoms with Gasteiger partial charge < -0.3 is 5.11 Å². The molecule has 1 unspecified atom stereocenters. The molecule has 10 heteroatoms. The topological polar surface area (TPSA) is 75.7 Å². The van der Waals surface area contributed by atoms with Gasteiger partial charge in [-0.1, -0.05) is 31.5 Å². The molecule has 0 saturated heterocycles. The standard InChI is InChI=1S/C6H10F3O5S.C2H6.Li/c1-5(2-3-10)4-13-14-15(11,12)6(7,8)9;1-2;/h5H,2-4H2,1H3;1-2H3;/q-1;;+1. The second-order valence-corrected chi connectivity index (χ2v) is 4.36. The molecule has 0 rings (SSSR count). The molecule has 0 radical (unpaired) electrons. The van der Waals surface area contributed by atoms with Crippen molar-refractivity contribution in [1.29, 1.82) is 0 Å². The fourth-order valence-electron chi connectivity index (χ4n) is 0.530. The van der Waals surface area contributed by atoms with E-state index in [9.17, 15) is 26.7 Å². The van der Waals surface area contributed by atoms with Gasteiger partial charge in [-0.2, -0.15) is 21.6 Å². The summed E-state index contributed by atoms with van der Waals surface area (Å²) >= 11 is 0. The Balaban J connectivity index is -0.000000709. The predicted molar refractivity (Wildman–Crippen MR) is 52.0 cm³/mol. The van der Waals surface area contributed by atoms with Crippen molar-refractivity contribution in [3.05, 3.63) is 0 Å². The molecule has 0 N–H and O–H groups in total. The van der Waals surface area contributed by atoms with Crippen molar-refractivity contribution in [2.45, 2.75) is 32.7 Å². The van der Waals surface area contributed by atoms with E-state index in [0.29, 0.717) is 0 Å². The second-order valence-electron chi connectivity index (χ2n) is 2.85. The van der Waals surface area contributed by atoms with Gasteiger partial charge >= 0.3 is 34.5 Å². The normalized spacial score (nSPS) is 13.1. The van der Waals surface area contributed by atoms with Crippen molar-refractivity contribution in [3.63, 3.8) is 0 Å². The van der Waals surface area contributed by atoms with Gasteiger partial charge in [-0.05, 0) is 5.92 Å². The average molecular weight is 288 g/mol. The third-order valence-corrected chi connectivity index (χ3v) is 2.23. The molecule has 0 amide bonds. The van der Waals surface area contributed by atoms with Gasteiger partial charge in [0.2, 0.25) is 0 Å². The van der Waals surface area contributed by atoms with E-state index in [4.69, 9.17) is 0 Å². The molecule has 0 aliphatic rings. The molecule has 0 aliphatic heterocycles. The molecule has 0 aromatic rings. The fourth-order valence-corrected chi connectivity index (χ4v) is 0.790. The zero-order valence-electron chi connectivity index (χ0n) is 10.8. The molecule has 0 heterocycles. The van der Waals surface area contributed by atoms with Crippen molar-refractivity contribution in [2.75, 3.05) is 13.2 Å². The molecule has 0 bridgehead atoms. The molecule has 0 aliphatic carbocycles. The van der Waals surface area contributed by atoms with Crippen molar-refractivity contribution in [1.82, 2.24) is 0 Å². The summed E-state index contributed by atoms with van der Waals surface area (Å²) in [5.41, 5.74) is -5.51. The van der Waals surface area contributed by atoms with Gasteiger partial charge in [0.15, 0.2) is 0 Å². The van der Waals surface area contributed by atoms with Crippen LogP contribution in [0.1, 0.15) is 27.2 Å². The molecule has 5 nitrogen and oxygen atoms in total. The average Bonchev–Trinajstić information content (AvgIpc) is 2.19. The Morgan fingerprint density at radius 3 is 2.06 bits per heavy atom. The van der Waals surface area contributed by atoms with Crippen molar-refractivity contribution in [2.24, 2.45) is 5.92 Å². The summed E-state index contributed by atoms with van der Waals surface area (Å²) < 4.78 is 58.8. The second kappa shape index (κ2) is 11.1. The van der Waals surface area contributed by atoms with Gasteiger partial charge in [0.1, 0.15) is 0 Å². The number of hydrogen-bond donors (Lipinski definition) is 0. The maximum Gasteiger partial charge on any atom is 1.00 e. The minimum Gasteiger partial charge on any atom is -0.854 e. The summed E-state index contributed by atoms with van der Waals surface area (Å²) in [6, 6.07) is 0. The molecule has 0 aromatic heterocycles. The molecule has 106 valence electrons. The van der Waals surface area contributed by atoms with Crippen LogP contribution in [0.3, 0.4) is 0 Å². The van der Waals surface area contributed by atoms with Crippen LogP contribution < -0.4 is 24.0 Å². The Bertz CT molecular complexity index is 281. The SMILES string of the molecule is CC.CC(CC[O-])COOS(=O)(=O)C(F)(F)F.[Li+]. The molecule has 0 aromatic carbocycles. The van der Waals surface area contributed by atoms with Crippen LogP contribution in [0.25, 0.3) is 0 Å². The maximum absolute atomic E-state index is 11.7. The number of rotatable bonds is 6. The summed E-state index contributed by atoms with van der Waals surface area (Å²) in [7, 11) is -5.71. The van der Waals surface area contributed by atoms with E-state index < -0.39 is 28.8 Å². The monoisotopic (exact) mass is 288 g/mol. The molecule has 0 fully saturated rings. The van der Waals surface area contributed by atoms with Crippen LogP contribution in [0.5, 0.6) is 0 Å². The molecular weight excluding hydrogens is 272 g/mol. The quantitative estimate of drug-likeness (QED) is 0.249. The summed E-state index contributed by atoms with van der Waals surface area (Å²) in [6.07, 6.45) is 0.162. The van der Waals surface area contributed by atoms with Gasteiger partial charge in [-0.3, -0.25) is 0 Å².